The summed E-state index contributed by atoms with van der Waals surface area (Å²) in [6, 6.07) is 20.0. The predicted molar refractivity (Wildman–Crippen MR) is 127 cm³/mol. The SMILES string of the molecule is O=C(NCCn1cc(SCc2cccc(C(F)(F)F)c2)c2ccccc21)c1ccc(Cl)cc1. The van der Waals surface area contributed by atoms with E-state index in [0.717, 1.165) is 21.9 Å². The summed E-state index contributed by atoms with van der Waals surface area (Å²) in [6.45, 7) is 0.988. The van der Waals surface area contributed by atoms with Crippen LogP contribution in [0.3, 0.4) is 0 Å². The first kappa shape index (κ1) is 23.3. The molecule has 4 aromatic rings. The molecular formula is C25H20ClF3N2OS. The summed E-state index contributed by atoms with van der Waals surface area (Å²) in [4.78, 5) is 13.3. The number of benzene rings is 3. The molecule has 1 amide bonds. The quantitative estimate of drug-likeness (QED) is 0.283. The Bertz CT molecular complexity index is 1270. The molecule has 0 aliphatic rings. The molecule has 0 spiro atoms. The minimum absolute atomic E-state index is 0.178. The van der Waals surface area contributed by atoms with Gasteiger partial charge in [0.25, 0.3) is 5.91 Å². The Morgan fingerprint density at radius 2 is 1.76 bits per heavy atom. The molecule has 4 rings (SSSR count). The Hall–Kier alpha value is -2.90. The molecule has 3 aromatic carbocycles. The number of hydrogen-bond donors (Lipinski definition) is 1. The average molecular weight is 489 g/mol. The van der Waals surface area contributed by atoms with Crippen molar-refractivity contribution in [1.29, 1.82) is 0 Å². The zero-order valence-corrected chi connectivity index (χ0v) is 19.0. The van der Waals surface area contributed by atoms with Crippen LogP contribution in [0.4, 0.5) is 13.2 Å². The summed E-state index contributed by atoms with van der Waals surface area (Å²) < 4.78 is 41.0. The maximum absolute atomic E-state index is 13.0. The number of carbonyl (C=O) groups is 1. The smallest absolute Gasteiger partial charge is 0.350 e. The molecule has 8 heteroatoms. The van der Waals surface area contributed by atoms with Gasteiger partial charge in [-0.05, 0) is 42.0 Å². The standard InChI is InChI=1S/C25H20ClF3N2OS/c26-20-10-8-18(9-11-20)24(32)30-12-13-31-15-23(21-6-1-2-7-22(21)31)33-16-17-4-3-5-19(14-17)25(27,28)29/h1-11,14-15H,12-13,16H2,(H,30,32). The van der Waals surface area contributed by atoms with Crippen LogP contribution < -0.4 is 5.32 Å². The second kappa shape index (κ2) is 9.93. The van der Waals surface area contributed by atoms with Crippen LogP contribution in [-0.4, -0.2) is 17.0 Å². The largest absolute Gasteiger partial charge is 0.416 e. The van der Waals surface area contributed by atoms with Crippen molar-refractivity contribution < 1.29 is 18.0 Å². The van der Waals surface area contributed by atoms with E-state index in [1.54, 1.807) is 30.3 Å². The van der Waals surface area contributed by atoms with Crippen LogP contribution in [0.15, 0.2) is 83.9 Å². The molecule has 170 valence electrons. The Balaban J connectivity index is 1.44. The van der Waals surface area contributed by atoms with Gasteiger partial charge in [0.05, 0.1) is 5.56 Å². The number of fused-ring (bicyclic) bond motifs is 1. The molecule has 0 aliphatic carbocycles. The molecule has 0 radical (unpaired) electrons. The van der Waals surface area contributed by atoms with Crippen molar-refractivity contribution in [3.05, 3.63) is 101 Å². The van der Waals surface area contributed by atoms with Crippen molar-refractivity contribution in [3.8, 4) is 0 Å². The predicted octanol–water partition coefficient (Wildman–Crippen LogP) is 7.04. The van der Waals surface area contributed by atoms with E-state index in [-0.39, 0.29) is 5.91 Å². The maximum atomic E-state index is 13.0. The van der Waals surface area contributed by atoms with E-state index in [4.69, 9.17) is 11.6 Å². The van der Waals surface area contributed by atoms with Crippen LogP contribution in [0, 0.1) is 0 Å². The molecule has 1 aromatic heterocycles. The Morgan fingerprint density at radius 3 is 2.52 bits per heavy atom. The highest BCUT2D eigenvalue weighted by Crippen LogP contribution is 2.34. The molecule has 3 nitrogen and oxygen atoms in total. The number of hydrogen-bond acceptors (Lipinski definition) is 2. The van der Waals surface area contributed by atoms with Crippen molar-refractivity contribution in [1.82, 2.24) is 9.88 Å². The Morgan fingerprint density at radius 1 is 1.00 bits per heavy atom. The first-order valence-corrected chi connectivity index (χ1v) is 11.6. The van der Waals surface area contributed by atoms with Crippen LogP contribution in [0.1, 0.15) is 21.5 Å². The molecular weight excluding hydrogens is 469 g/mol. The van der Waals surface area contributed by atoms with Gasteiger partial charge in [0.2, 0.25) is 0 Å². The molecule has 0 saturated carbocycles. The molecule has 1 N–H and O–H groups in total. The normalized spacial score (nSPS) is 11.6. The molecule has 0 fully saturated rings. The number of nitrogens with one attached hydrogen (secondary N) is 1. The number of thioether (sulfide) groups is 1. The summed E-state index contributed by atoms with van der Waals surface area (Å²) in [6.07, 6.45) is -2.37. The molecule has 0 atom stereocenters. The van der Waals surface area contributed by atoms with Crippen molar-refractivity contribution in [2.75, 3.05) is 6.54 Å². The summed E-state index contributed by atoms with van der Waals surface area (Å²) >= 11 is 7.36. The average Bonchev–Trinajstić information content (AvgIpc) is 3.15. The van der Waals surface area contributed by atoms with E-state index in [9.17, 15) is 18.0 Å². The van der Waals surface area contributed by atoms with Gasteiger partial charge in [0, 0.05) is 51.4 Å². The van der Waals surface area contributed by atoms with Crippen molar-refractivity contribution >= 4 is 40.2 Å². The zero-order chi connectivity index (χ0) is 23.4. The van der Waals surface area contributed by atoms with Crippen LogP contribution >= 0.6 is 23.4 Å². The number of halogens is 4. The fourth-order valence-corrected chi connectivity index (χ4v) is 4.66. The fraction of sp³-hybridized carbons (Fsp3) is 0.160. The maximum Gasteiger partial charge on any atom is 0.416 e. The lowest BCUT2D eigenvalue weighted by molar-refractivity contribution is -0.137. The van der Waals surface area contributed by atoms with Gasteiger partial charge in [-0.2, -0.15) is 13.2 Å². The van der Waals surface area contributed by atoms with Crippen LogP contribution in [0.5, 0.6) is 0 Å². The van der Waals surface area contributed by atoms with Gasteiger partial charge in [0.15, 0.2) is 0 Å². The van der Waals surface area contributed by atoms with E-state index in [2.05, 4.69) is 5.32 Å². The molecule has 0 aliphatic heterocycles. The summed E-state index contributed by atoms with van der Waals surface area (Å²) in [5, 5.41) is 4.50. The van der Waals surface area contributed by atoms with E-state index < -0.39 is 11.7 Å². The van der Waals surface area contributed by atoms with Gasteiger partial charge in [-0.1, -0.05) is 48.0 Å². The lowest BCUT2D eigenvalue weighted by Crippen LogP contribution is -2.27. The van der Waals surface area contributed by atoms with E-state index in [1.807, 2.05) is 35.0 Å². The van der Waals surface area contributed by atoms with Gasteiger partial charge in [-0.15, -0.1) is 11.8 Å². The van der Waals surface area contributed by atoms with Crippen LogP contribution in [-0.2, 0) is 18.5 Å². The van der Waals surface area contributed by atoms with Gasteiger partial charge >= 0.3 is 6.18 Å². The fourth-order valence-electron chi connectivity index (χ4n) is 3.50. The summed E-state index contributed by atoms with van der Waals surface area (Å²) in [5.74, 6) is 0.243. The Labute approximate surface area is 198 Å². The van der Waals surface area contributed by atoms with Crippen molar-refractivity contribution in [2.24, 2.45) is 0 Å². The number of alkyl halides is 3. The molecule has 0 bridgehead atoms. The summed E-state index contributed by atoms with van der Waals surface area (Å²) in [5.41, 5.74) is 1.51. The highest BCUT2D eigenvalue weighted by atomic mass is 35.5. The number of rotatable bonds is 7. The third-order valence-corrected chi connectivity index (χ3v) is 6.51. The second-order valence-electron chi connectivity index (χ2n) is 7.45. The number of aromatic nitrogens is 1. The second-order valence-corrected chi connectivity index (χ2v) is 8.91. The van der Waals surface area contributed by atoms with E-state index in [0.29, 0.717) is 35.0 Å². The van der Waals surface area contributed by atoms with Gasteiger partial charge in [-0.25, -0.2) is 0 Å². The minimum atomic E-state index is -4.35. The van der Waals surface area contributed by atoms with E-state index >= 15 is 0 Å². The van der Waals surface area contributed by atoms with Crippen molar-refractivity contribution in [2.45, 2.75) is 23.4 Å². The lowest BCUT2D eigenvalue weighted by Gasteiger charge is -2.08. The third-order valence-electron chi connectivity index (χ3n) is 5.15. The van der Waals surface area contributed by atoms with E-state index in [1.165, 1.54) is 23.9 Å². The molecule has 0 unspecified atom stereocenters. The third kappa shape index (κ3) is 5.72. The highest BCUT2D eigenvalue weighted by molar-refractivity contribution is 7.98. The molecule has 33 heavy (non-hydrogen) atoms. The van der Waals surface area contributed by atoms with Gasteiger partial charge in [-0.3, -0.25) is 4.79 Å². The molecule has 1 heterocycles. The van der Waals surface area contributed by atoms with Crippen LogP contribution in [0.2, 0.25) is 5.02 Å². The number of para-hydroxylation sites is 1. The number of amides is 1. The summed E-state index contributed by atoms with van der Waals surface area (Å²) in [7, 11) is 0. The Kier molecular flexibility index (Phi) is 7.00. The monoisotopic (exact) mass is 488 g/mol. The minimum Gasteiger partial charge on any atom is -0.350 e. The van der Waals surface area contributed by atoms with Crippen molar-refractivity contribution in [3.63, 3.8) is 0 Å². The van der Waals surface area contributed by atoms with Crippen LogP contribution in [0.25, 0.3) is 10.9 Å². The first-order valence-electron chi connectivity index (χ1n) is 10.2. The number of nitrogens with zero attached hydrogens (tertiary/aromatic N) is 1. The zero-order valence-electron chi connectivity index (χ0n) is 17.4. The lowest BCUT2D eigenvalue weighted by atomic mass is 10.1. The topological polar surface area (TPSA) is 34.0 Å². The first-order chi connectivity index (χ1) is 15.8. The van der Waals surface area contributed by atoms with Gasteiger partial charge in [0.1, 0.15) is 0 Å². The number of carbonyl (C=O) groups excluding carboxylic acids is 1. The van der Waals surface area contributed by atoms with Gasteiger partial charge < -0.3 is 9.88 Å². The highest BCUT2D eigenvalue weighted by Gasteiger charge is 2.30. The molecule has 0 saturated heterocycles.